The largest absolute Gasteiger partial charge is 0.286 e. The molecule has 6 rings (SSSR count). The van der Waals surface area contributed by atoms with Crippen LogP contribution in [0.3, 0.4) is 0 Å². The Bertz CT molecular complexity index is 1480. The second-order valence-electron chi connectivity index (χ2n) is 7.85. The number of para-hydroxylation sites is 2. The van der Waals surface area contributed by atoms with Gasteiger partial charge in [-0.15, -0.1) is 0 Å². The van der Waals surface area contributed by atoms with Crippen LogP contribution >= 0.6 is 12.2 Å². The first-order valence-corrected chi connectivity index (χ1v) is 11.1. The number of hydrogen-bond donors (Lipinski definition) is 0. The van der Waals surface area contributed by atoms with Crippen molar-refractivity contribution in [2.24, 2.45) is 4.99 Å². The van der Waals surface area contributed by atoms with E-state index in [4.69, 9.17) is 17.2 Å². The van der Waals surface area contributed by atoms with Gasteiger partial charge in [0.25, 0.3) is 0 Å². The molecule has 0 radical (unpaired) electrons. The molecule has 0 bridgehead atoms. The summed E-state index contributed by atoms with van der Waals surface area (Å²) in [6, 6.07) is 26.4. The number of fused-ring (bicyclic) bond motifs is 3. The summed E-state index contributed by atoms with van der Waals surface area (Å²) in [5, 5.41) is 0. The number of halogens is 1. The van der Waals surface area contributed by atoms with E-state index < -0.39 is 0 Å². The van der Waals surface area contributed by atoms with Crippen molar-refractivity contribution in [2.75, 3.05) is 4.90 Å². The van der Waals surface area contributed by atoms with Crippen LogP contribution in [0.4, 0.5) is 10.2 Å². The SMILES string of the molecule is Fc1ccc(C2N=C3C=CC=CN3c3c2n(-c2ccccc2)c(=S)n3-c2ccccc2)cc1. The lowest BCUT2D eigenvalue weighted by Crippen LogP contribution is -2.32. The number of nitrogens with zero attached hydrogens (tertiary/aromatic N) is 4. The molecule has 0 saturated heterocycles. The number of aromatic nitrogens is 2. The minimum absolute atomic E-state index is 0.272. The van der Waals surface area contributed by atoms with Crippen LogP contribution in [-0.2, 0) is 0 Å². The van der Waals surface area contributed by atoms with Crippen molar-refractivity contribution < 1.29 is 4.39 Å². The van der Waals surface area contributed by atoms with Crippen LogP contribution in [0.1, 0.15) is 17.3 Å². The van der Waals surface area contributed by atoms with Crippen LogP contribution in [0.2, 0.25) is 0 Å². The van der Waals surface area contributed by atoms with Crippen molar-refractivity contribution in [3.05, 3.63) is 131 Å². The van der Waals surface area contributed by atoms with Crippen LogP contribution in [0.15, 0.2) is 114 Å². The molecule has 0 aliphatic carbocycles. The first-order chi connectivity index (χ1) is 16.2. The molecule has 33 heavy (non-hydrogen) atoms. The Morgan fingerprint density at radius 2 is 1.39 bits per heavy atom. The molecule has 0 amide bonds. The molecular formula is C27H19FN4S. The molecule has 6 heteroatoms. The molecule has 3 aromatic carbocycles. The van der Waals surface area contributed by atoms with Gasteiger partial charge in [-0.1, -0.05) is 54.6 Å². The first-order valence-electron chi connectivity index (χ1n) is 10.7. The van der Waals surface area contributed by atoms with E-state index in [2.05, 4.69) is 14.0 Å². The Hall–Kier alpha value is -4.03. The number of benzene rings is 3. The van der Waals surface area contributed by atoms with Crippen molar-refractivity contribution in [2.45, 2.75) is 6.04 Å². The summed E-state index contributed by atoms with van der Waals surface area (Å²) >= 11 is 6.09. The molecule has 2 aliphatic heterocycles. The summed E-state index contributed by atoms with van der Waals surface area (Å²) in [7, 11) is 0. The van der Waals surface area contributed by atoms with Crippen LogP contribution < -0.4 is 4.90 Å². The fourth-order valence-electron chi connectivity index (χ4n) is 4.41. The van der Waals surface area contributed by atoms with Gasteiger partial charge in [0.1, 0.15) is 23.5 Å². The molecule has 160 valence electrons. The van der Waals surface area contributed by atoms with Gasteiger partial charge in [-0.2, -0.15) is 0 Å². The molecule has 3 heterocycles. The van der Waals surface area contributed by atoms with Gasteiger partial charge in [-0.3, -0.25) is 19.0 Å². The van der Waals surface area contributed by atoms with Crippen molar-refractivity contribution in [3.63, 3.8) is 0 Å². The highest BCUT2D eigenvalue weighted by Crippen LogP contribution is 2.43. The molecule has 1 atom stereocenters. The molecule has 0 N–H and O–H groups in total. The van der Waals surface area contributed by atoms with E-state index in [1.165, 1.54) is 12.1 Å². The van der Waals surface area contributed by atoms with Gasteiger partial charge in [0, 0.05) is 17.6 Å². The number of imidazole rings is 1. The maximum atomic E-state index is 13.8. The summed E-state index contributed by atoms with van der Waals surface area (Å²) < 4.78 is 18.6. The quantitative estimate of drug-likeness (QED) is 0.332. The lowest BCUT2D eigenvalue weighted by atomic mass is 10.0. The van der Waals surface area contributed by atoms with Gasteiger partial charge in [-0.05, 0) is 66.3 Å². The molecular weight excluding hydrogens is 431 g/mol. The van der Waals surface area contributed by atoms with Gasteiger partial charge in [0.2, 0.25) is 0 Å². The van der Waals surface area contributed by atoms with Crippen LogP contribution in [-0.4, -0.2) is 15.0 Å². The highest BCUT2D eigenvalue weighted by molar-refractivity contribution is 7.71. The van der Waals surface area contributed by atoms with E-state index >= 15 is 0 Å². The Labute approximate surface area is 195 Å². The summed E-state index contributed by atoms with van der Waals surface area (Å²) in [6.45, 7) is 0. The number of allylic oxidation sites excluding steroid dienone is 2. The standard InChI is InChI=1S/C27H19FN4S/c28-20-16-14-19(15-17-20)24-25-26(30-18-8-7-13-23(30)29-24)32(22-11-5-2-6-12-22)27(33)31(25)21-9-3-1-4-10-21/h1-18,24H. The van der Waals surface area contributed by atoms with E-state index in [1.807, 2.05) is 85.1 Å². The monoisotopic (exact) mass is 450 g/mol. The van der Waals surface area contributed by atoms with Crippen LogP contribution in [0.5, 0.6) is 0 Å². The summed E-state index contributed by atoms with van der Waals surface area (Å²) in [5.74, 6) is 1.46. The highest BCUT2D eigenvalue weighted by atomic mass is 32.1. The molecule has 4 aromatic rings. The predicted molar refractivity (Wildman–Crippen MR) is 132 cm³/mol. The fourth-order valence-corrected chi connectivity index (χ4v) is 4.81. The van der Waals surface area contributed by atoms with Gasteiger partial charge in [0.15, 0.2) is 4.77 Å². The highest BCUT2D eigenvalue weighted by Gasteiger charge is 2.35. The van der Waals surface area contributed by atoms with Gasteiger partial charge < -0.3 is 0 Å². The average Bonchev–Trinajstić information content (AvgIpc) is 3.18. The Morgan fingerprint density at radius 1 is 0.758 bits per heavy atom. The second-order valence-corrected chi connectivity index (χ2v) is 8.21. The van der Waals surface area contributed by atoms with Crippen LogP contribution in [0, 0.1) is 10.6 Å². The zero-order valence-corrected chi connectivity index (χ0v) is 18.4. The topological polar surface area (TPSA) is 25.5 Å². The molecule has 1 unspecified atom stereocenters. The Morgan fingerprint density at radius 3 is 2.06 bits per heavy atom. The minimum atomic E-state index is -0.352. The average molecular weight is 451 g/mol. The number of aliphatic imine (C=N–C) groups is 1. The van der Waals surface area contributed by atoms with Gasteiger partial charge in [-0.25, -0.2) is 4.39 Å². The van der Waals surface area contributed by atoms with Crippen LogP contribution in [0.25, 0.3) is 11.4 Å². The second kappa shape index (κ2) is 7.83. The maximum Gasteiger partial charge on any atom is 0.191 e. The summed E-state index contributed by atoms with van der Waals surface area (Å²) in [6.07, 6.45) is 7.94. The van der Waals surface area contributed by atoms with Crippen molar-refractivity contribution in [1.82, 2.24) is 9.13 Å². The van der Waals surface area contributed by atoms with E-state index in [0.29, 0.717) is 4.77 Å². The van der Waals surface area contributed by atoms with Gasteiger partial charge in [0.05, 0.1) is 5.69 Å². The molecule has 0 fully saturated rings. The number of anilines is 1. The van der Waals surface area contributed by atoms with Gasteiger partial charge >= 0.3 is 0 Å². The molecule has 4 nitrogen and oxygen atoms in total. The zero-order chi connectivity index (χ0) is 22.4. The van der Waals surface area contributed by atoms with E-state index in [0.717, 1.165) is 34.3 Å². The fraction of sp³-hybridized carbons (Fsp3) is 0.0370. The number of amidine groups is 1. The number of rotatable bonds is 3. The van der Waals surface area contributed by atoms with E-state index in [1.54, 1.807) is 12.1 Å². The van der Waals surface area contributed by atoms with E-state index in [9.17, 15) is 4.39 Å². The lowest BCUT2D eigenvalue weighted by Gasteiger charge is -2.32. The molecule has 1 aromatic heterocycles. The van der Waals surface area contributed by atoms with Crippen molar-refractivity contribution in [3.8, 4) is 11.4 Å². The minimum Gasteiger partial charge on any atom is -0.286 e. The summed E-state index contributed by atoms with van der Waals surface area (Å²) in [4.78, 5) is 7.15. The Kier molecular flexibility index (Phi) is 4.66. The normalized spacial score (nSPS) is 16.3. The van der Waals surface area contributed by atoms with E-state index in [-0.39, 0.29) is 11.9 Å². The predicted octanol–water partition coefficient (Wildman–Crippen LogP) is 6.53. The van der Waals surface area contributed by atoms with Crippen molar-refractivity contribution in [1.29, 1.82) is 0 Å². The third kappa shape index (κ3) is 3.18. The Balaban J connectivity index is 1.72. The molecule has 0 spiro atoms. The smallest absolute Gasteiger partial charge is 0.191 e. The number of hydrogen-bond acceptors (Lipinski definition) is 3. The zero-order valence-electron chi connectivity index (χ0n) is 17.5. The molecule has 2 aliphatic rings. The lowest BCUT2D eigenvalue weighted by molar-refractivity contribution is 0.626. The first kappa shape index (κ1) is 19.6. The molecule has 0 saturated carbocycles. The third-order valence-corrected chi connectivity index (χ3v) is 6.23. The third-order valence-electron chi connectivity index (χ3n) is 5.87. The van der Waals surface area contributed by atoms with Crippen molar-refractivity contribution >= 4 is 23.9 Å². The summed E-state index contributed by atoms with van der Waals surface area (Å²) in [5.41, 5.74) is 3.76. The maximum absolute atomic E-state index is 13.8.